The molecule has 0 amide bonds. The van der Waals surface area contributed by atoms with E-state index in [1.54, 1.807) is 7.11 Å². The van der Waals surface area contributed by atoms with Gasteiger partial charge in [-0.3, -0.25) is 0 Å². The number of nitrogens with zero attached hydrogens (tertiary/aromatic N) is 2. The van der Waals surface area contributed by atoms with E-state index in [-0.39, 0.29) is 0 Å². The van der Waals surface area contributed by atoms with Crippen LogP contribution in [0.15, 0.2) is 43.0 Å². The minimum Gasteiger partial charge on any atom is -0.497 e. The first-order valence-electron chi connectivity index (χ1n) is 8.21. The molecule has 2 heterocycles. The Kier molecular flexibility index (Phi) is 5.31. The highest BCUT2D eigenvalue weighted by Crippen LogP contribution is 2.36. The summed E-state index contributed by atoms with van der Waals surface area (Å²) >= 11 is 0. The van der Waals surface area contributed by atoms with Gasteiger partial charge in [0, 0.05) is 30.9 Å². The van der Waals surface area contributed by atoms with Crippen LogP contribution in [-0.2, 0) is 21.8 Å². The predicted molar refractivity (Wildman–Crippen MR) is 87.3 cm³/mol. The third-order valence-corrected chi connectivity index (χ3v) is 4.22. The Balaban J connectivity index is 1.63. The van der Waals surface area contributed by atoms with Crippen LogP contribution in [0.4, 0.5) is 0 Å². The minimum atomic E-state index is -0.612. The Morgan fingerprint density at radius 3 is 2.61 bits per heavy atom. The summed E-state index contributed by atoms with van der Waals surface area (Å²) in [7, 11) is 1.68. The van der Waals surface area contributed by atoms with E-state index in [1.165, 1.54) is 0 Å². The smallest absolute Gasteiger partial charge is 0.194 e. The Morgan fingerprint density at radius 2 is 1.96 bits per heavy atom. The van der Waals surface area contributed by atoms with Crippen molar-refractivity contribution in [3.05, 3.63) is 48.5 Å². The lowest BCUT2D eigenvalue weighted by atomic mass is 9.98. The summed E-state index contributed by atoms with van der Waals surface area (Å²) in [5.41, 5.74) is 1.07. The number of rotatable bonds is 7. The van der Waals surface area contributed by atoms with E-state index in [2.05, 4.69) is 9.55 Å². The average molecular weight is 316 g/mol. The van der Waals surface area contributed by atoms with Gasteiger partial charge in [0.1, 0.15) is 5.75 Å². The maximum Gasteiger partial charge on any atom is 0.194 e. The second kappa shape index (κ2) is 7.62. The number of benzene rings is 1. The lowest BCUT2D eigenvalue weighted by Gasteiger charge is -2.38. The molecule has 1 aliphatic rings. The van der Waals surface area contributed by atoms with Crippen LogP contribution in [0.1, 0.15) is 31.2 Å². The van der Waals surface area contributed by atoms with Gasteiger partial charge >= 0.3 is 0 Å². The largest absolute Gasteiger partial charge is 0.497 e. The van der Waals surface area contributed by atoms with Gasteiger partial charge < -0.3 is 18.8 Å². The third kappa shape index (κ3) is 3.92. The van der Waals surface area contributed by atoms with Crippen molar-refractivity contribution in [2.24, 2.45) is 0 Å². The van der Waals surface area contributed by atoms with E-state index in [0.717, 1.165) is 56.8 Å². The molecule has 0 radical (unpaired) electrons. The van der Waals surface area contributed by atoms with Crippen molar-refractivity contribution >= 4 is 0 Å². The molecule has 1 aliphatic heterocycles. The minimum absolute atomic E-state index is 0.612. The van der Waals surface area contributed by atoms with Crippen LogP contribution in [-0.4, -0.2) is 29.9 Å². The lowest BCUT2D eigenvalue weighted by Crippen LogP contribution is -2.38. The summed E-state index contributed by atoms with van der Waals surface area (Å²) in [6.07, 6.45) is 9.57. The SMILES string of the molecule is COc1ccc(C2(CCCCn3ccnc3)OCCCO2)cc1. The van der Waals surface area contributed by atoms with Gasteiger partial charge in [-0.25, -0.2) is 4.98 Å². The summed E-state index contributed by atoms with van der Waals surface area (Å²) in [6, 6.07) is 8.01. The molecule has 1 saturated heterocycles. The molecule has 0 unspecified atom stereocenters. The van der Waals surface area contributed by atoms with Crippen molar-refractivity contribution in [3.63, 3.8) is 0 Å². The van der Waals surface area contributed by atoms with Gasteiger partial charge in [-0.05, 0) is 43.5 Å². The number of aryl methyl sites for hydroxylation is 1. The molecule has 5 heteroatoms. The molecule has 23 heavy (non-hydrogen) atoms. The summed E-state index contributed by atoms with van der Waals surface area (Å²) in [5.74, 6) is 0.235. The fraction of sp³-hybridized carbons (Fsp3) is 0.500. The molecular weight excluding hydrogens is 292 g/mol. The first kappa shape index (κ1) is 16.0. The van der Waals surface area contributed by atoms with Crippen molar-refractivity contribution in [2.75, 3.05) is 20.3 Å². The van der Waals surface area contributed by atoms with Crippen molar-refractivity contribution < 1.29 is 14.2 Å². The lowest BCUT2D eigenvalue weighted by molar-refractivity contribution is -0.280. The molecule has 0 spiro atoms. The number of hydrogen-bond acceptors (Lipinski definition) is 4. The summed E-state index contributed by atoms with van der Waals surface area (Å²) < 4.78 is 19.5. The fourth-order valence-corrected chi connectivity index (χ4v) is 2.95. The Labute approximate surface area is 137 Å². The molecule has 0 N–H and O–H groups in total. The van der Waals surface area contributed by atoms with Crippen molar-refractivity contribution in [2.45, 2.75) is 38.0 Å². The van der Waals surface area contributed by atoms with Crippen LogP contribution < -0.4 is 4.74 Å². The van der Waals surface area contributed by atoms with Crippen LogP contribution in [0.2, 0.25) is 0 Å². The van der Waals surface area contributed by atoms with Crippen LogP contribution in [0, 0.1) is 0 Å². The van der Waals surface area contributed by atoms with Crippen molar-refractivity contribution in [3.8, 4) is 5.75 Å². The van der Waals surface area contributed by atoms with Gasteiger partial charge in [-0.2, -0.15) is 0 Å². The van der Waals surface area contributed by atoms with E-state index >= 15 is 0 Å². The quantitative estimate of drug-likeness (QED) is 0.735. The molecular formula is C18H24N2O3. The monoisotopic (exact) mass is 316 g/mol. The second-order valence-electron chi connectivity index (χ2n) is 5.79. The van der Waals surface area contributed by atoms with Gasteiger partial charge in [0.25, 0.3) is 0 Å². The Hall–Kier alpha value is -1.85. The molecule has 3 rings (SSSR count). The molecule has 0 aliphatic carbocycles. The van der Waals surface area contributed by atoms with Crippen LogP contribution in [0.25, 0.3) is 0 Å². The van der Waals surface area contributed by atoms with Crippen LogP contribution >= 0.6 is 0 Å². The molecule has 0 saturated carbocycles. The highest BCUT2D eigenvalue weighted by atomic mass is 16.7. The predicted octanol–water partition coefficient (Wildman–Crippen LogP) is 3.35. The average Bonchev–Trinajstić information content (AvgIpc) is 3.13. The molecule has 124 valence electrons. The van der Waals surface area contributed by atoms with E-state index in [9.17, 15) is 0 Å². The number of hydrogen-bond donors (Lipinski definition) is 0. The third-order valence-electron chi connectivity index (χ3n) is 4.22. The normalized spacial score (nSPS) is 17.1. The summed E-state index contributed by atoms with van der Waals surface area (Å²) in [6.45, 7) is 2.46. The number of ether oxygens (including phenoxy) is 3. The topological polar surface area (TPSA) is 45.5 Å². The Morgan fingerprint density at radius 1 is 1.17 bits per heavy atom. The van der Waals surface area contributed by atoms with Crippen LogP contribution in [0.3, 0.4) is 0 Å². The fourth-order valence-electron chi connectivity index (χ4n) is 2.95. The zero-order chi connectivity index (χ0) is 16.0. The van der Waals surface area contributed by atoms with Gasteiger partial charge in [-0.1, -0.05) is 0 Å². The molecule has 0 bridgehead atoms. The molecule has 0 atom stereocenters. The van der Waals surface area contributed by atoms with E-state index in [1.807, 2.05) is 43.0 Å². The van der Waals surface area contributed by atoms with E-state index in [4.69, 9.17) is 14.2 Å². The molecule has 1 aromatic heterocycles. The van der Waals surface area contributed by atoms with Gasteiger partial charge in [0.2, 0.25) is 0 Å². The number of imidazole rings is 1. The number of methoxy groups -OCH3 is 1. The van der Waals surface area contributed by atoms with E-state index in [0.29, 0.717) is 0 Å². The van der Waals surface area contributed by atoms with Gasteiger partial charge in [-0.15, -0.1) is 0 Å². The maximum absolute atomic E-state index is 6.08. The molecule has 1 fully saturated rings. The van der Waals surface area contributed by atoms with Gasteiger partial charge in [0.15, 0.2) is 5.79 Å². The summed E-state index contributed by atoms with van der Waals surface area (Å²) in [5, 5.41) is 0. The van der Waals surface area contributed by atoms with Crippen molar-refractivity contribution in [1.82, 2.24) is 9.55 Å². The molecule has 5 nitrogen and oxygen atoms in total. The standard InChI is InChI=1S/C18H24N2O3/c1-21-17-7-5-16(6-8-17)18(22-13-4-14-23-18)9-2-3-11-20-12-10-19-15-20/h5-8,10,12,15H,2-4,9,11,13-14H2,1H3. The Bertz CT molecular complexity index is 575. The molecule has 1 aromatic carbocycles. The van der Waals surface area contributed by atoms with Crippen molar-refractivity contribution in [1.29, 1.82) is 0 Å². The second-order valence-corrected chi connectivity index (χ2v) is 5.79. The zero-order valence-corrected chi connectivity index (χ0v) is 13.6. The first-order chi connectivity index (χ1) is 11.3. The summed E-state index contributed by atoms with van der Waals surface area (Å²) in [4.78, 5) is 4.07. The zero-order valence-electron chi connectivity index (χ0n) is 13.6. The van der Waals surface area contributed by atoms with Crippen LogP contribution in [0.5, 0.6) is 5.75 Å². The maximum atomic E-state index is 6.08. The first-order valence-corrected chi connectivity index (χ1v) is 8.21. The number of unbranched alkanes of at least 4 members (excludes halogenated alkanes) is 1. The molecule has 2 aromatic rings. The van der Waals surface area contributed by atoms with E-state index < -0.39 is 5.79 Å². The van der Waals surface area contributed by atoms with Gasteiger partial charge in [0.05, 0.1) is 26.7 Å². The number of aromatic nitrogens is 2. The highest BCUT2D eigenvalue weighted by Gasteiger charge is 2.36. The highest BCUT2D eigenvalue weighted by molar-refractivity contribution is 5.30.